The molecule has 8 heteroatoms. The molecule has 0 saturated carbocycles. The summed E-state index contributed by atoms with van der Waals surface area (Å²) in [6.07, 6.45) is 0. The highest BCUT2D eigenvalue weighted by atomic mass is 79.9. The Balaban J connectivity index is 2.22. The van der Waals surface area contributed by atoms with E-state index in [1.165, 1.54) is 42.5 Å². The molecular formula is C13H8BrClFNO3S. The lowest BCUT2D eigenvalue weighted by Crippen LogP contribution is -2.13. The summed E-state index contributed by atoms with van der Waals surface area (Å²) in [5.41, 5.74) is 0.196. The molecule has 0 unspecified atom stereocenters. The summed E-state index contributed by atoms with van der Waals surface area (Å²) < 4.78 is 36.3. The van der Waals surface area contributed by atoms with E-state index in [0.29, 0.717) is 10.2 Å². The fraction of sp³-hybridized carbons (Fsp3) is 0. The van der Waals surface area contributed by atoms with E-state index in [1.807, 2.05) is 0 Å². The van der Waals surface area contributed by atoms with Crippen LogP contribution in [-0.2, 0) is 9.05 Å². The van der Waals surface area contributed by atoms with Gasteiger partial charge in [-0.05, 0) is 42.5 Å². The third-order valence-electron chi connectivity index (χ3n) is 2.57. The summed E-state index contributed by atoms with van der Waals surface area (Å²) in [7, 11) is 1.36. The van der Waals surface area contributed by atoms with E-state index in [2.05, 4.69) is 21.2 Å². The first-order chi connectivity index (χ1) is 9.77. The number of benzene rings is 2. The number of halogens is 3. The van der Waals surface area contributed by atoms with Crippen molar-refractivity contribution in [3.63, 3.8) is 0 Å². The van der Waals surface area contributed by atoms with Crippen molar-refractivity contribution in [3.05, 3.63) is 58.3 Å². The maximum Gasteiger partial charge on any atom is 0.261 e. The Labute approximate surface area is 133 Å². The Bertz CT molecular complexity index is 794. The number of anilines is 1. The summed E-state index contributed by atoms with van der Waals surface area (Å²) in [4.78, 5) is 11.9. The molecule has 0 aromatic heterocycles. The standard InChI is InChI=1S/C13H8BrClFNO3S/c14-8-1-6-12(16)11(7-8)13(18)17-9-2-4-10(5-3-9)21(15,19)20/h1-7H,(H,17,18). The van der Waals surface area contributed by atoms with Crippen LogP contribution in [0.3, 0.4) is 0 Å². The predicted molar refractivity (Wildman–Crippen MR) is 81.5 cm³/mol. The Kier molecular flexibility index (Phi) is 4.65. The van der Waals surface area contributed by atoms with Crippen molar-refractivity contribution in [2.45, 2.75) is 4.90 Å². The highest BCUT2D eigenvalue weighted by molar-refractivity contribution is 9.10. The van der Waals surface area contributed by atoms with Gasteiger partial charge in [-0.15, -0.1) is 0 Å². The Hall–Kier alpha value is -1.44. The second-order valence-electron chi connectivity index (χ2n) is 4.04. The molecule has 0 aliphatic rings. The summed E-state index contributed by atoms with van der Waals surface area (Å²) in [5.74, 6) is -1.30. The smallest absolute Gasteiger partial charge is 0.261 e. The normalized spacial score (nSPS) is 11.2. The fourth-order valence-corrected chi connectivity index (χ4v) is 2.70. The molecule has 0 aliphatic carbocycles. The van der Waals surface area contributed by atoms with Gasteiger partial charge in [0, 0.05) is 20.8 Å². The monoisotopic (exact) mass is 391 g/mol. The average molecular weight is 393 g/mol. The maximum atomic E-state index is 13.6. The van der Waals surface area contributed by atoms with Gasteiger partial charge in [-0.25, -0.2) is 12.8 Å². The van der Waals surface area contributed by atoms with Crippen molar-refractivity contribution in [2.75, 3.05) is 5.32 Å². The van der Waals surface area contributed by atoms with Gasteiger partial charge < -0.3 is 5.32 Å². The number of carbonyl (C=O) groups is 1. The van der Waals surface area contributed by atoms with E-state index in [4.69, 9.17) is 10.7 Å². The minimum Gasteiger partial charge on any atom is -0.322 e. The van der Waals surface area contributed by atoms with Crippen molar-refractivity contribution in [2.24, 2.45) is 0 Å². The van der Waals surface area contributed by atoms with Crippen LogP contribution in [0.5, 0.6) is 0 Å². The lowest BCUT2D eigenvalue weighted by atomic mass is 10.2. The van der Waals surface area contributed by atoms with Crippen LogP contribution in [0.4, 0.5) is 10.1 Å². The Morgan fingerprint density at radius 2 is 1.76 bits per heavy atom. The van der Waals surface area contributed by atoms with Crippen LogP contribution in [0.1, 0.15) is 10.4 Å². The molecule has 2 aromatic carbocycles. The van der Waals surface area contributed by atoms with E-state index in [-0.39, 0.29) is 10.5 Å². The van der Waals surface area contributed by atoms with Gasteiger partial charge in [-0.1, -0.05) is 15.9 Å². The van der Waals surface area contributed by atoms with Gasteiger partial charge in [0.05, 0.1) is 10.5 Å². The highest BCUT2D eigenvalue weighted by Crippen LogP contribution is 2.20. The van der Waals surface area contributed by atoms with E-state index in [1.54, 1.807) is 0 Å². The van der Waals surface area contributed by atoms with Crippen molar-refractivity contribution in [3.8, 4) is 0 Å². The molecule has 1 N–H and O–H groups in total. The SMILES string of the molecule is O=C(Nc1ccc(S(=O)(=O)Cl)cc1)c1cc(Br)ccc1F. The van der Waals surface area contributed by atoms with Gasteiger partial charge in [0.1, 0.15) is 5.82 Å². The number of amides is 1. The molecule has 0 fully saturated rings. The number of hydrogen-bond donors (Lipinski definition) is 1. The summed E-state index contributed by atoms with van der Waals surface area (Å²) in [5, 5.41) is 2.47. The van der Waals surface area contributed by atoms with E-state index in [9.17, 15) is 17.6 Å². The van der Waals surface area contributed by atoms with Crippen molar-refractivity contribution < 1.29 is 17.6 Å². The van der Waals surface area contributed by atoms with Crippen LogP contribution < -0.4 is 5.32 Å². The van der Waals surface area contributed by atoms with Gasteiger partial charge in [0.2, 0.25) is 0 Å². The van der Waals surface area contributed by atoms with Crippen LogP contribution in [-0.4, -0.2) is 14.3 Å². The minimum absolute atomic E-state index is 0.0872. The van der Waals surface area contributed by atoms with Gasteiger partial charge in [0.25, 0.3) is 15.0 Å². The van der Waals surface area contributed by atoms with E-state index >= 15 is 0 Å². The van der Waals surface area contributed by atoms with Gasteiger partial charge >= 0.3 is 0 Å². The van der Waals surface area contributed by atoms with Crippen LogP contribution in [0.25, 0.3) is 0 Å². The van der Waals surface area contributed by atoms with Gasteiger partial charge in [-0.3, -0.25) is 4.79 Å². The molecule has 2 rings (SSSR count). The third kappa shape index (κ3) is 4.03. The third-order valence-corrected chi connectivity index (χ3v) is 4.43. The van der Waals surface area contributed by atoms with Crippen molar-refractivity contribution >= 4 is 47.3 Å². The van der Waals surface area contributed by atoms with Gasteiger partial charge in [0.15, 0.2) is 0 Å². The first kappa shape index (κ1) is 15.9. The second-order valence-corrected chi connectivity index (χ2v) is 7.52. The molecule has 0 bridgehead atoms. The van der Waals surface area contributed by atoms with E-state index < -0.39 is 20.8 Å². The Morgan fingerprint density at radius 3 is 2.33 bits per heavy atom. The first-order valence-corrected chi connectivity index (χ1v) is 8.69. The molecular weight excluding hydrogens is 385 g/mol. The van der Waals surface area contributed by atoms with Gasteiger partial charge in [-0.2, -0.15) is 0 Å². The molecule has 0 radical (unpaired) electrons. The maximum absolute atomic E-state index is 13.6. The molecule has 0 aliphatic heterocycles. The number of nitrogens with one attached hydrogen (secondary N) is 1. The lowest BCUT2D eigenvalue weighted by Gasteiger charge is -2.07. The van der Waals surface area contributed by atoms with Crippen molar-refractivity contribution in [1.29, 1.82) is 0 Å². The molecule has 0 atom stereocenters. The van der Waals surface area contributed by atoms with Crippen LogP contribution >= 0.6 is 26.6 Å². The summed E-state index contributed by atoms with van der Waals surface area (Å²) >= 11 is 3.15. The largest absolute Gasteiger partial charge is 0.322 e. The summed E-state index contributed by atoms with van der Waals surface area (Å²) in [6.45, 7) is 0. The zero-order valence-electron chi connectivity index (χ0n) is 10.3. The average Bonchev–Trinajstić information content (AvgIpc) is 2.41. The van der Waals surface area contributed by atoms with Crippen LogP contribution in [0, 0.1) is 5.82 Å². The molecule has 110 valence electrons. The van der Waals surface area contributed by atoms with Crippen molar-refractivity contribution in [1.82, 2.24) is 0 Å². The molecule has 0 heterocycles. The minimum atomic E-state index is -3.82. The lowest BCUT2D eigenvalue weighted by molar-refractivity contribution is 0.102. The summed E-state index contributed by atoms with van der Waals surface area (Å²) in [6, 6.07) is 9.22. The van der Waals surface area contributed by atoms with Crippen LogP contribution in [0.2, 0.25) is 0 Å². The number of rotatable bonds is 3. The Morgan fingerprint density at radius 1 is 1.14 bits per heavy atom. The zero-order chi connectivity index (χ0) is 15.6. The molecule has 0 saturated heterocycles. The second kappa shape index (κ2) is 6.13. The van der Waals surface area contributed by atoms with Crippen LogP contribution in [0.15, 0.2) is 51.8 Å². The molecule has 2 aromatic rings. The topological polar surface area (TPSA) is 63.2 Å². The van der Waals surface area contributed by atoms with E-state index in [0.717, 1.165) is 0 Å². The molecule has 1 amide bonds. The predicted octanol–water partition coefficient (Wildman–Crippen LogP) is 3.77. The quantitative estimate of drug-likeness (QED) is 0.809. The molecule has 0 spiro atoms. The number of hydrogen-bond acceptors (Lipinski definition) is 3. The molecule has 21 heavy (non-hydrogen) atoms. The molecule has 4 nitrogen and oxygen atoms in total. The first-order valence-electron chi connectivity index (χ1n) is 5.58. The highest BCUT2D eigenvalue weighted by Gasteiger charge is 2.13. The fourth-order valence-electron chi connectivity index (χ4n) is 1.57. The number of carbonyl (C=O) groups excluding carboxylic acids is 1. The zero-order valence-corrected chi connectivity index (χ0v) is 13.5.